The van der Waals surface area contributed by atoms with Crippen LogP contribution in [0.4, 0.5) is 5.82 Å². The van der Waals surface area contributed by atoms with E-state index >= 15 is 0 Å². The van der Waals surface area contributed by atoms with Crippen LogP contribution in [0.1, 0.15) is 10.5 Å². The number of ether oxygens (including phenoxy) is 1. The SMILES string of the molecule is Cn1nncc1-c1cc(-n2nc(C(=O)O)ccc2=O)cnc1N1CCOCC1. The molecular weight excluding hydrogens is 366 g/mol. The van der Waals surface area contributed by atoms with Gasteiger partial charge in [0.25, 0.3) is 5.56 Å². The Morgan fingerprint density at radius 1 is 1.21 bits per heavy atom. The Kier molecular flexibility index (Phi) is 4.57. The zero-order valence-corrected chi connectivity index (χ0v) is 15.0. The standard InChI is InChI=1S/C17H17N7O4/c1-22-14(10-19-21-22)12-8-11(9-18-16(12)23-4-6-28-7-5-23)24-15(25)3-2-13(20-24)17(26)27/h2-3,8-10H,4-7H2,1H3,(H,26,27). The van der Waals surface area contributed by atoms with Crippen LogP contribution in [0.3, 0.4) is 0 Å². The van der Waals surface area contributed by atoms with Crippen LogP contribution in [0.2, 0.25) is 0 Å². The van der Waals surface area contributed by atoms with Crippen molar-refractivity contribution in [1.29, 1.82) is 0 Å². The van der Waals surface area contributed by atoms with Gasteiger partial charge in [0.15, 0.2) is 5.69 Å². The molecule has 3 aromatic heterocycles. The van der Waals surface area contributed by atoms with E-state index in [9.17, 15) is 14.7 Å². The second kappa shape index (κ2) is 7.19. The molecule has 0 radical (unpaired) electrons. The van der Waals surface area contributed by atoms with Crippen molar-refractivity contribution in [1.82, 2.24) is 29.8 Å². The van der Waals surface area contributed by atoms with E-state index in [0.29, 0.717) is 49.1 Å². The van der Waals surface area contributed by atoms with Crippen LogP contribution in [0.5, 0.6) is 0 Å². The molecule has 0 unspecified atom stereocenters. The van der Waals surface area contributed by atoms with Gasteiger partial charge in [0.05, 0.1) is 37.0 Å². The summed E-state index contributed by atoms with van der Waals surface area (Å²) in [5.74, 6) is -0.511. The number of pyridine rings is 1. The van der Waals surface area contributed by atoms with Gasteiger partial charge in [0, 0.05) is 31.8 Å². The molecule has 1 aliphatic rings. The van der Waals surface area contributed by atoms with Gasteiger partial charge in [-0.1, -0.05) is 5.21 Å². The summed E-state index contributed by atoms with van der Waals surface area (Å²) in [5, 5.41) is 21.0. The number of carboxylic acids is 1. The topological polar surface area (TPSA) is 128 Å². The van der Waals surface area contributed by atoms with Crippen LogP contribution in [0.25, 0.3) is 16.9 Å². The van der Waals surface area contributed by atoms with Crippen molar-refractivity contribution >= 4 is 11.8 Å². The molecule has 1 N–H and O–H groups in total. The highest BCUT2D eigenvalue weighted by molar-refractivity contribution is 5.85. The summed E-state index contributed by atoms with van der Waals surface area (Å²) >= 11 is 0. The first-order chi connectivity index (χ1) is 13.5. The van der Waals surface area contributed by atoms with Crippen molar-refractivity contribution in [3.63, 3.8) is 0 Å². The second-order valence-corrected chi connectivity index (χ2v) is 6.18. The van der Waals surface area contributed by atoms with Crippen LogP contribution < -0.4 is 10.5 Å². The summed E-state index contributed by atoms with van der Waals surface area (Å²) in [4.78, 5) is 30.1. The normalized spacial score (nSPS) is 14.2. The summed E-state index contributed by atoms with van der Waals surface area (Å²) in [5.41, 5.74) is 1.07. The third-order valence-corrected chi connectivity index (χ3v) is 4.42. The third-order valence-electron chi connectivity index (χ3n) is 4.42. The molecule has 1 saturated heterocycles. The van der Waals surface area contributed by atoms with Crippen molar-refractivity contribution < 1.29 is 14.6 Å². The van der Waals surface area contributed by atoms with Crippen molar-refractivity contribution in [2.75, 3.05) is 31.2 Å². The molecule has 0 saturated carbocycles. The first kappa shape index (κ1) is 17.8. The van der Waals surface area contributed by atoms with E-state index < -0.39 is 11.5 Å². The molecule has 4 heterocycles. The zero-order valence-electron chi connectivity index (χ0n) is 15.0. The molecule has 0 spiro atoms. The van der Waals surface area contributed by atoms with E-state index in [-0.39, 0.29) is 5.69 Å². The van der Waals surface area contributed by atoms with Crippen LogP contribution in [0.15, 0.2) is 35.4 Å². The first-order valence-electron chi connectivity index (χ1n) is 8.56. The van der Waals surface area contributed by atoms with Crippen LogP contribution in [0, 0.1) is 0 Å². The minimum atomic E-state index is -1.22. The Labute approximate surface area is 158 Å². The second-order valence-electron chi connectivity index (χ2n) is 6.18. The van der Waals surface area contributed by atoms with Crippen molar-refractivity contribution in [2.45, 2.75) is 0 Å². The first-order valence-corrected chi connectivity index (χ1v) is 8.56. The van der Waals surface area contributed by atoms with Crippen molar-refractivity contribution in [2.24, 2.45) is 7.05 Å². The number of hydrogen-bond acceptors (Lipinski definition) is 8. The summed E-state index contributed by atoms with van der Waals surface area (Å²) in [6.45, 7) is 2.54. The molecule has 0 aromatic carbocycles. The molecule has 11 nitrogen and oxygen atoms in total. The molecule has 0 aliphatic carbocycles. The Bertz CT molecular complexity index is 1090. The van der Waals surface area contributed by atoms with E-state index in [1.165, 1.54) is 12.3 Å². The lowest BCUT2D eigenvalue weighted by Crippen LogP contribution is -2.37. The lowest BCUT2D eigenvalue weighted by atomic mass is 10.1. The van der Waals surface area contributed by atoms with E-state index in [1.54, 1.807) is 24.0 Å². The van der Waals surface area contributed by atoms with Gasteiger partial charge in [0.2, 0.25) is 0 Å². The Hall–Kier alpha value is -3.60. The Morgan fingerprint density at radius 2 is 2.00 bits per heavy atom. The maximum absolute atomic E-state index is 12.3. The van der Waals surface area contributed by atoms with Crippen molar-refractivity contribution in [3.8, 4) is 16.9 Å². The molecule has 0 bridgehead atoms. The lowest BCUT2D eigenvalue weighted by molar-refractivity contribution is 0.0688. The van der Waals surface area contributed by atoms with E-state index in [4.69, 9.17) is 4.74 Å². The molecular formula is C17H17N7O4. The van der Waals surface area contributed by atoms with Gasteiger partial charge >= 0.3 is 5.97 Å². The number of carbonyl (C=O) groups is 1. The largest absolute Gasteiger partial charge is 0.476 e. The fraction of sp³-hybridized carbons (Fsp3) is 0.294. The number of morpholine rings is 1. The number of nitrogens with zero attached hydrogens (tertiary/aromatic N) is 7. The maximum atomic E-state index is 12.3. The highest BCUT2D eigenvalue weighted by Gasteiger charge is 2.21. The molecule has 1 fully saturated rings. The van der Waals surface area contributed by atoms with Gasteiger partial charge in [-0.25, -0.2) is 14.5 Å². The predicted molar refractivity (Wildman–Crippen MR) is 97.6 cm³/mol. The summed E-state index contributed by atoms with van der Waals surface area (Å²) < 4.78 is 8.04. The van der Waals surface area contributed by atoms with Gasteiger partial charge in [-0.2, -0.15) is 9.78 Å². The molecule has 3 aromatic rings. The molecule has 0 atom stereocenters. The third kappa shape index (κ3) is 3.22. The molecule has 11 heteroatoms. The number of hydrogen-bond donors (Lipinski definition) is 1. The van der Waals surface area contributed by atoms with Gasteiger partial charge in [0.1, 0.15) is 5.82 Å². The van der Waals surface area contributed by atoms with Gasteiger partial charge in [-0.15, -0.1) is 5.10 Å². The van der Waals surface area contributed by atoms with Crippen molar-refractivity contribution in [3.05, 3.63) is 46.6 Å². The minimum absolute atomic E-state index is 0.236. The number of aryl methyl sites for hydroxylation is 1. The minimum Gasteiger partial charge on any atom is -0.476 e. The highest BCUT2D eigenvalue weighted by atomic mass is 16.5. The number of aromatic nitrogens is 6. The average molecular weight is 383 g/mol. The van der Waals surface area contributed by atoms with Crippen LogP contribution >= 0.6 is 0 Å². The highest BCUT2D eigenvalue weighted by Crippen LogP contribution is 2.30. The fourth-order valence-electron chi connectivity index (χ4n) is 3.02. The van der Waals surface area contributed by atoms with Gasteiger partial charge in [-0.05, 0) is 12.1 Å². The van der Waals surface area contributed by atoms with Gasteiger partial charge < -0.3 is 14.7 Å². The van der Waals surface area contributed by atoms with E-state index in [0.717, 1.165) is 10.7 Å². The number of rotatable bonds is 4. The van der Waals surface area contributed by atoms with Gasteiger partial charge in [-0.3, -0.25) is 4.79 Å². The fourth-order valence-corrected chi connectivity index (χ4v) is 3.02. The summed E-state index contributed by atoms with van der Waals surface area (Å²) in [7, 11) is 1.76. The molecule has 144 valence electrons. The molecule has 1 aliphatic heterocycles. The van der Waals surface area contributed by atoms with E-state index in [1.807, 2.05) is 0 Å². The quantitative estimate of drug-likeness (QED) is 0.660. The number of carboxylic acid groups (broad SMARTS) is 1. The molecule has 0 amide bonds. The average Bonchev–Trinajstić information content (AvgIpc) is 3.14. The summed E-state index contributed by atoms with van der Waals surface area (Å²) in [6.07, 6.45) is 3.10. The number of anilines is 1. The molecule has 4 rings (SSSR count). The zero-order chi connectivity index (χ0) is 19.7. The number of aromatic carboxylic acids is 1. The monoisotopic (exact) mass is 383 g/mol. The van der Waals surface area contributed by atoms with E-state index in [2.05, 4.69) is 25.3 Å². The van der Waals surface area contributed by atoms with Crippen LogP contribution in [-0.4, -0.2) is 67.1 Å². The predicted octanol–water partition coefficient (Wildman–Crippen LogP) is -0.0422. The Balaban J connectivity index is 1.87. The van der Waals surface area contributed by atoms with Crippen LogP contribution in [-0.2, 0) is 11.8 Å². The smallest absolute Gasteiger partial charge is 0.356 e. The lowest BCUT2D eigenvalue weighted by Gasteiger charge is -2.29. The molecule has 28 heavy (non-hydrogen) atoms. The Morgan fingerprint density at radius 3 is 2.68 bits per heavy atom. The summed E-state index contributed by atoms with van der Waals surface area (Å²) in [6, 6.07) is 4.07. The maximum Gasteiger partial charge on any atom is 0.356 e.